The minimum absolute atomic E-state index is 0. The highest BCUT2D eigenvalue weighted by molar-refractivity contribution is 5.85. The molecule has 1 heterocycles. The summed E-state index contributed by atoms with van der Waals surface area (Å²) < 4.78 is 0. The first-order chi connectivity index (χ1) is 4.39. The van der Waals surface area contributed by atoms with E-state index in [9.17, 15) is 4.79 Å². The van der Waals surface area contributed by atoms with Gasteiger partial charge in [-0.2, -0.15) is 0 Å². The molecule has 10 heavy (non-hydrogen) atoms. The van der Waals surface area contributed by atoms with Gasteiger partial charge in [0.05, 0.1) is 0 Å². The summed E-state index contributed by atoms with van der Waals surface area (Å²) in [6, 6.07) is 0. The minimum atomic E-state index is 0. The van der Waals surface area contributed by atoms with Gasteiger partial charge in [-0.1, -0.05) is 0 Å². The standard InChI is InChI=1S/C6H12N2O.ClH/c9-6-2-5-7-3-1-4-8-6;/h7H,1-5H2,(H,8,9);1H. The van der Waals surface area contributed by atoms with Crippen LogP contribution in [0.5, 0.6) is 0 Å². The lowest BCUT2D eigenvalue weighted by atomic mass is 10.3. The van der Waals surface area contributed by atoms with Crippen LogP contribution >= 0.6 is 12.4 Å². The molecule has 0 atom stereocenters. The lowest BCUT2D eigenvalue weighted by molar-refractivity contribution is -0.121. The molecule has 1 rings (SSSR count). The van der Waals surface area contributed by atoms with Crippen molar-refractivity contribution in [1.29, 1.82) is 0 Å². The Hall–Kier alpha value is -0.280. The number of carbonyl (C=O) groups excluding carboxylic acids is 1. The van der Waals surface area contributed by atoms with Gasteiger partial charge in [0.1, 0.15) is 0 Å². The predicted molar refractivity (Wildman–Crippen MR) is 42.4 cm³/mol. The van der Waals surface area contributed by atoms with E-state index in [1.807, 2.05) is 0 Å². The highest BCUT2D eigenvalue weighted by Crippen LogP contribution is 1.83. The third-order valence-electron chi connectivity index (χ3n) is 1.38. The normalized spacial score (nSPS) is 19.8. The molecule has 2 N–H and O–H groups in total. The third kappa shape index (κ3) is 3.69. The van der Waals surface area contributed by atoms with Gasteiger partial charge in [-0.15, -0.1) is 12.4 Å². The summed E-state index contributed by atoms with van der Waals surface area (Å²) in [5.74, 6) is 0.169. The highest BCUT2D eigenvalue weighted by atomic mass is 35.5. The first kappa shape index (κ1) is 9.72. The number of amides is 1. The Balaban J connectivity index is 0.000000810. The summed E-state index contributed by atoms with van der Waals surface area (Å²) in [6.45, 7) is 2.68. The van der Waals surface area contributed by atoms with E-state index in [2.05, 4.69) is 10.6 Å². The summed E-state index contributed by atoms with van der Waals surface area (Å²) in [7, 11) is 0. The van der Waals surface area contributed by atoms with Crippen molar-refractivity contribution in [3.8, 4) is 0 Å². The van der Waals surface area contributed by atoms with E-state index in [0.29, 0.717) is 6.42 Å². The van der Waals surface area contributed by atoms with Crippen LogP contribution in [0.2, 0.25) is 0 Å². The lowest BCUT2D eigenvalue weighted by Gasteiger charge is -2.10. The molecule has 0 unspecified atom stereocenters. The fourth-order valence-electron chi connectivity index (χ4n) is 0.857. The van der Waals surface area contributed by atoms with Gasteiger partial charge >= 0.3 is 0 Å². The van der Waals surface area contributed by atoms with Gasteiger partial charge in [0.15, 0.2) is 0 Å². The average Bonchev–Trinajstić information content (AvgIpc) is 1.79. The summed E-state index contributed by atoms with van der Waals surface area (Å²) >= 11 is 0. The van der Waals surface area contributed by atoms with E-state index in [-0.39, 0.29) is 18.3 Å². The molecule has 60 valence electrons. The molecular weight excluding hydrogens is 152 g/mol. The summed E-state index contributed by atoms with van der Waals surface area (Å²) in [5.41, 5.74) is 0. The highest BCUT2D eigenvalue weighted by Gasteiger charge is 2.01. The molecule has 0 radical (unpaired) electrons. The maximum Gasteiger partial charge on any atom is 0.221 e. The number of halogens is 1. The summed E-state index contributed by atoms with van der Waals surface area (Å²) in [4.78, 5) is 10.7. The summed E-state index contributed by atoms with van der Waals surface area (Å²) in [6.07, 6.45) is 1.67. The van der Waals surface area contributed by atoms with Crippen LogP contribution in [-0.2, 0) is 4.79 Å². The zero-order chi connectivity index (χ0) is 6.53. The molecule has 0 bridgehead atoms. The van der Waals surface area contributed by atoms with Crippen LogP contribution in [0.25, 0.3) is 0 Å². The van der Waals surface area contributed by atoms with Crippen LogP contribution in [0.3, 0.4) is 0 Å². The molecule has 1 amide bonds. The predicted octanol–water partition coefficient (Wildman–Crippen LogP) is -0.0922. The summed E-state index contributed by atoms with van der Waals surface area (Å²) in [5, 5.41) is 5.96. The average molecular weight is 165 g/mol. The van der Waals surface area contributed by atoms with Crippen LogP contribution in [0.1, 0.15) is 12.8 Å². The van der Waals surface area contributed by atoms with E-state index in [4.69, 9.17) is 0 Å². The Kier molecular flexibility index (Phi) is 5.35. The van der Waals surface area contributed by atoms with E-state index in [1.54, 1.807) is 0 Å². The van der Waals surface area contributed by atoms with Gasteiger partial charge in [-0.3, -0.25) is 4.79 Å². The third-order valence-corrected chi connectivity index (χ3v) is 1.38. The zero-order valence-corrected chi connectivity index (χ0v) is 6.67. The van der Waals surface area contributed by atoms with Crippen LogP contribution in [-0.4, -0.2) is 25.5 Å². The lowest BCUT2D eigenvalue weighted by Crippen LogP contribution is -2.33. The molecule has 1 fully saturated rings. The van der Waals surface area contributed by atoms with Gasteiger partial charge in [-0.05, 0) is 13.0 Å². The monoisotopic (exact) mass is 164 g/mol. The molecule has 1 aliphatic rings. The number of rotatable bonds is 0. The van der Waals surface area contributed by atoms with Gasteiger partial charge in [0.2, 0.25) is 5.91 Å². The van der Waals surface area contributed by atoms with Crippen LogP contribution in [0.4, 0.5) is 0 Å². The van der Waals surface area contributed by atoms with Gasteiger partial charge in [0.25, 0.3) is 0 Å². The number of carbonyl (C=O) groups is 1. The molecule has 4 heteroatoms. The number of hydrogen-bond acceptors (Lipinski definition) is 2. The smallest absolute Gasteiger partial charge is 0.221 e. The van der Waals surface area contributed by atoms with Crippen LogP contribution in [0, 0.1) is 0 Å². The van der Waals surface area contributed by atoms with Crippen molar-refractivity contribution in [3.63, 3.8) is 0 Å². The van der Waals surface area contributed by atoms with Gasteiger partial charge in [-0.25, -0.2) is 0 Å². The Morgan fingerprint density at radius 2 is 2.00 bits per heavy atom. The van der Waals surface area contributed by atoms with Gasteiger partial charge in [0, 0.05) is 19.5 Å². The number of nitrogens with one attached hydrogen (secondary N) is 2. The molecular formula is C6H13ClN2O. The molecule has 0 saturated carbocycles. The molecule has 0 aliphatic carbocycles. The largest absolute Gasteiger partial charge is 0.356 e. The Bertz CT molecular complexity index is 97.9. The van der Waals surface area contributed by atoms with Gasteiger partial charge < -0.3 is 10.6 Å². The SMILES string of the molecule is Cl.O=C1CCNCCCN1. The molecule has 3 nitrogen and oxygen atoms in total. The van der Waals surface area contributed by atoms with E-state index in [0.717, 1.165) is 26.1 Å². The fourth-order valence-corrected chi connectivity index (χ4v) is 0.857. The minimum Gasteiger partial charge on any atom is -0.356 e. The molecule has 1 aliphatic heterocycles. The van der Waals surface area contributed by atoms with Crippen molar-refractivity contribution in [3.05, 3.63) is 0 Å². The van der Waals surface area contributed by atoms with Crippen molar-refractivity contribution < 1.29 is 4.79 Å². The van der Waals surface area contributed by atoms with Crippen molar-refractivity contribution in [1.82, 2.24) is 10.6 Å². The van der Waals surface area contributed by atoms with Crippen LogP contribution in [0.15, 0.2) is 0 Å². The van der Waals surface area contributed by atoms with E-state index < -0.39 is 0 Å². The Morgan fingerprint density at radius 3 is 2.80 bits per heavy atom. The first-order valence-corrected chi connectivity index (χ1v) is 3.37. The maximum absolute atomic E-state index is 10.7. The van der Waals surface area contributed by atoms with E-state index in [1.165, 1.54) is 0 Å². The molecule has 1 saturated heterocycles. The molecule has 0 spiro atoms. The second kappa shape index (κ2) is 5.50. The zero-order valence-electron chi connectivity index (χ0n) is 5.85. The maximum atomic E-state index is 10.7. The van der Waals surface area contributed by atoms with Crippen molar-refractivity contribution in [2.75, 3.05) is 19.6 Å². The molecule has 0 aromatic carbocycles. The van der Waals surface area contributed by atoms with Crippen molar-refractivity contribution >= 4 is 18.3 Å². The Labute approximate surface area is 67.0 Å². The van der Waals surface area contributed by atoms with Crippen LogP contribution < -0.4 is 10.6 Å². The van der Waals surface area contributed by atoms with Crippen molar-refractivity contribution in [2.24, 2.45) is 0 Å². The molecule has 0 aromatic heterocycles. The topological polar surface area (TPSA) is 41.1 Å². The quantitative estimate of drug-likeness (QED) is 0.526. The fraction of sp³-hybridized carbons (Fsp3) is 0.833. The molecule has 0 aromatic rings. The number of hydrogen-bond donors (Lipinski definition) is 2. The van der Waals surface area contributed by atoms with Crippen molar-refractivity contribution in [2.45, 2.75) is 12.8 Å². The second-order valence-electron chi connectivity index (χ2n) is 2.20. The second-order valence-corrected chi connectivity index (χ2v) is 2.20. The Morgan fingerprint density at radius 1 is 1.20 bits per heavy atom. The van der Waals surface area contributed by atoms with E-state index >= 15 is 0 Å². The first-order valence-electron chi connectivity index (χ1n) is 3.37.